The van der Waals surface area contributed by atoms with Crippen molar-refractivity contribution in [2.45, 2.75) is 42.7 Å². The molecule has 160 valence electrons. The first kappa shape index (κ1) is 19.2. The maximum Gasteiger partial charge on any atom is 0.341 e. The molecule has 1 aromatic carbocycles. The molecule has 5 rings (SSSR count). The summed E-state index contributed by atoms with van der Waals surface area (Å²) in [7, 11) is 1.27. The van der Waals surface area contributed by atoms with Gasteiger partial charge in [0.2, 0.25) is 5.43 Å². The molecular formula is C20H20F3N3O4. The van der Waals surface area contributed by atoms with Gasteiger partial charge in [-0.3, -0.25) is 4.79 Å². The van der Waals surface area contributed by atoms with E-state index in [1.165, 1.54) is 16.6 Å². The predicted molar refractivity (Wildman–Crippen MR) is 102 cm³/mol. The Morgan fingerprint density at radius 3 is 2.53 bits per heavy atom. The molecule has 2 saturated carbocycles. The average molecular weight is 423 g/mol. The lowest BCUT2D eigenvalue weighted by atomic mass is 9.67. The van der Waals surface area contributed by atoms with Crippen molar-refractivity contribution in [1.29, 1.82) is 0 Å². The molecule has 30 heavy (non-hydrogen) atoms. The molecule has 7 nitrogen and oxygen atoms in total. The summed E-state index contributed by atoms with van der Waals surface area (Å²) in [5, 5.41) is 9.14. The average Bonchev–Trinajstić information content (AvgIpc) is 3.38. The molecule has 3 aliphatic rings. The molecule has 0 unspecified atom stereocenters. The molecule has 3 fully saturated rings. The van der Waals surface area contributed by atoms with E-state index in [2.05, 4.69) is 0 Å². The van der Waals surface area contributed by atoms with Crippen molar-refractivity contribution in [2.75, 3.05) is 25.1 Å². The van der Waals surface area contributed by atoms with Crippen LogP contribution >= 0.6 is 0 Å². The molecule has 0 radical (unpaired) electrons. The fraction of sp³-hybridized carbons (Fsp3) is 0.500. The van der Waals surface area contributed by atoms with E-state index in [1.54, 1.807) is 0 Å². The first-order chi connectivity index (χ1) is 14.1. The molecule has 0 amide bonds. The number of hydrogen-bond acceptors (Lipinski definition) is 5. The third kappa shape index (κ3) is 2.36. The lowest BCUT2D eigenvalue weighted by molar-refractivity contribution is 0.00445. The van der Waals surface area contributed by atoms with Gasteiger partial charge in [0.1, 0.15) is 23.1 Å². The van der Waals surface area contributed by atoms with Crippen LogP contribution in [0.4, 0.5) is 18.9 Å². The Morgan fingerprint density at radius 1 is 1.37 bits per heavy atom. The van der Waals surface area contributed by atoms with Gasteiger partial charge in [-0.25, -0.2) is 18.0 Å². The van der Waals surface area contributed by atoms with Crippen LogP contribution in [0.1, 0.15) is 35.7 Å². The number of halogens is 3. The Bertz CT molecular complexity index is 1150. The van der Waals surface area contributed by atoms with Crippen LogP contribution in [0.5, 0.6) is 5.75 Å². The van der Waals surface area contributed by atoms with Crippen LogP contribution in [0.2, 0.25) is 0 Å². The number of ether oxygens (including phenoxy) is 1. The maximum atomic E-state index is 15.2. The van der Waals surface area contributed by atoms with E-state index in [-0.39, 0.29) is 48.3 Å². The van der Waals surface area contributed by atoms with Crippen LogP contribution in [0.3, 0.4) is 0 Å². The van der Waals surface area contributed by atoms with Crippen molar-refractivity contribution in [2.24, 2.45) is 5.73 Å². The predicted octanol–water partition coefficient (Wildman–Crippen LogP) is 2.15. The number of anilines is 1. The van der Waals surface area contributed by atoms with Gasteiger partial charge < -0.3 is 25.0 Å². The molecule has 10 heteroatoms. The van der Waals surface area contributed by atoms with E-state index in [1.807, 2.05) is 0 Å². The van der Waals surface area contributed by atoms with Crippen LogP contribution in [0.15, 0.2) is 17.1 Å². The number of hydrogen-bond donors (Lipinski definition) is 2. The second-order valence-electron chi connectivity index (χ2n) is 8.52. The number of alkyl halides is 2. The van der Waals surface area contributed by atoms with Gasteiger partial charge in [0.05, 0.1) is 36.1 Å². The van der Waals surface area contributed by atoms with Gasteiger partial charge >= 0.3 is 5.97 Å². The summed E-state index contributed by atoms with van der Waals surface area (Å²) in [6, 6.07) is 0.226. The zero-order valence-electron chi connectivity index (χ0n) is 16.1. The van der Waals surface area contributed by atoms with Crippen LogP contribution in [-0.2, 0) is 0 Å². The number of carboxylic acids is 1. The zero-order valence-corrected chi connectivity index (χ0v) is 16.1. The van der Waals surface area contributed by atoms with Gasteiger partial charge in [0, 0.05) is 19.2 Å². The third-order valence-electron chi connectivity index (χ3n) is 6.76. The van der Waals surface area contributed by atoms with Crippen LogP contribution in [0, 0.1) is 5.82 Å². The minimum absolute atomic E-state index is 0.0615. The Labute approximate surface area is 168 Å². The molecule has 0 bridgehead atoms. The van der Waals surface area contributed by atoms with Gasteiger partial charge in [0.25, 0.3) is 0 Å². The summed E-state index contributed by atoms with van der Waals surface area (Å²) in [5.74, 6) is -2.41. The Kier molecular flexibility index (Phi) is 3.78. The highest BCUT2D eigenvalue weighted by atomic mass is 19.1. The molecule has 2 heterocycles. The molecule has 2 aliphatic carbocycles. The topological polar surface area (TPSA) is 97.8 Å². The second kappa shape index (κ2) is 5.90. The van der Waals surface area contributed by atoms with Crippen LogP contribution < -0.4 is 20.8 Å². The number of aromatic nitrogens is 1. The molecular weight excluding hydrogens is 403 g/mol. The molecule has 1 saturated heterocycles. The van der Waals surface area contributed by atoms with Gasteiger partial charge in [0.15, 0.2) is 11.6 Å². The summed E-state index contributed by atoms with van der Waals surface area (Å²) in [4.78, 5) is 25.7. The minimum Gasteiger partial charge on any atom is -0.492 e. The van der Waals surface area contributed by atoms with Crippen molar-refractivity contribution in [3.63, 3.8) is 0 Å². The maximum absolute atomic E-state index is 15.2. The van der Waals surface area contributed by atoms with Crippen molar-refractivity contribution >= 4 is 22.6 Å². The van der Waals surface area contributed by atoms with E-state index in [4.69, 9.17) is 10.5 Å². The number of benzene rings is 1. The Balaban J connectivity index is 1.78. The normalized spacial score (nSPS) is 32.1. The number of nitrogens with zero attached hydrogens (tertiary/aromatic N) is 2. The van der Waals surface area contributed by atoms with E-state index >= 15 is 8.78 Å². The number of nitrogens with two attached hydrogens (primary N) is 1. The zero-order chi connectivity index (χ0) is 21.6. The molecule has 1 aromatic heterocycles. The quantitative estimate of drug-likeness (QED) is 0.782. The fourth-order valence-electron chi connectivity index (χ4n) is 4.82. The fourth-order valence-corrected chi connectivity index (χ4v) is 4.82. The standard InChI is InChI=1S/C20H20F3N3O4/c1-30-17-14-9(16(27)10(18(28)29)6-26(14)13-5-11(13)21)4-12(22)15(17)25-7-19(23)2-3-20(19,24)8-25/h4,6,11,13H,2-3,5,7-8,24H2,1H3,(H,28,29)/t11-,13+,19-,20+/m0/s1. The van der Waals surface area contributed by atoms with Gasteiger partial charge in [-0.15, -0.1) is 0 Å². The third-order valence-corrected chi connectivity index (χ3v) is 6.76. The van der Waals surface area contributed by atoms with Crippen LogP contribution in [0.25, 0.3) is 10.9 Å². The Morgan fingerprint density at radius 2 is 2.07 bits per heavy atom. The van der Waals surface area contributed by atoms with Crippen molar-refractivity contribution in [3.8, 4) is 5.75 Å². The molecule has 2 aromatic rings. The highest BCUT2D eigenvalue weighted by Crippen LogP contribution is 2.53. The number of pyridine rings is 1. The van der Waals surface area contributed by atoms with E-state index < -0.39 is 46.2 Å². The highest BCUT2D eigenvalue weighted by molar-refractivity contribution is 5.97. The van der Waals surface area contributed by atoms with Crippen molar-refractivity contribution in [3.05, 3.63) is 33.9 Å². The number of methoxy groups -OCH3 is 1. The minimum atomic E-state index is -1.65. The monoisotopic (exact) mass is 423 g/mol. The number of rotatable bonds is 4. The first-order valence-electron chi connectivity index (χ1n) is 9.66. The lowest BCUT2D eigenvalue weighted by Crippen LogP contribution is -2.65. The van der Waals surface area contributed by atoms with E-state index in [0.717, 1.165) is 12.3 Å². The smallest absolute Gasteiger partial charge is 0.341 e. The number of fused-ring (bicyclic) bond motifs is 2. The van der Waals surface area contributed by atoms with E-state index in [9.17, 15) is 19.1 Å². The van der Waals surface area contributed by atoms with Gasteiger partial charge in [-0.2, -0.15) is 0 Å². The Hall–Kier alpha value is -2.75. The summed E-state index contributed by atoms with van der Waals surface area (Å²) in [6.07, 6.45) is 0.720. The number of carboxylic acid groups (broad SMARTS) is 1. The molecule has 4 atom stereocenters. The number of carbonyl (C=O) groups is 1. The molecule has 0 spiro atoms. The molecule has 1 aliphatic heterocycles. The summed E-state index contributed by atoms with van der Waals surface area (Å²) in [5.41, 5.74) is 1.97. The summed E-state index contributed by atoms with van der Waals surface area (Å²) >= 11 is 0. The van der Waals surface area contributed by atoms with Crippen molar-refractivity contribution in [1.82, 2.24) is 4.57 Å². The highest BCUT2D eigenvalue weighted by Gasteiger charge is 2.64. The molecule has 3 N–H and O–H groups in total. The van der Waals surface area contributed by atoms with Gasteiger partial charge in [-0.1, -0.05) is 0 Å². The number of aromatic carboxylic acids is 1. The largest absolute Gasteiger partial charge is 0.492 e. The first-order valence-corrected chi connectivity index (χ1v) is 9.66. The SMILES string of the molecule is COc1c(N2C[C@]3(N)CC[C@]3(F)C2)c(F)cc2c(=O)c(C(=O)O)cn([C@@H]3C[C@@H]3F)c12. The van der Waals surface area contributed by atoms with Gasteiger partial charge in [-0.05, 0) is 18.9 Å². The second-order valence-corrected chi connectivity index (χ2v) is 8.52. The lowest BCUT2D eigenvalue weighted by Gasteiger charge is -2.45. The van der Waals surface area contributed by atoms with E-state index in [0.29, 0.717) is 6.42 Å². The van der Waals surface area contributed by atoms with Crippen molar-refractivity contribution < 1.29 is 27.8 Å². The summed E-state index contributed by atoms with van der Waals surface area (Å²) < 4.78 is 51.0. The summed E-state index contributed by atoms with van der Waals surface area (Å²) in [6.45, 7) is -0.0657. The van der Waals surface area contributed by atoms with Crippen LogP contribution in [-0.4, -0.2) is 53.2 Å².